The molecule has 164 valence electrons. The Morgan fingerprint density at radius 3 is 2.03 bits per heavy atom. The Morgan fingerprint density at radius 1 is 0.806 bits per heavy atom. The average Bonchev–Trinajstić information content (AvgIpc) is 2.73. The van der Waals surface area contributed by atoms with Gasteiger partial charge in [0.05, 0.1) is 6.10 Å². The van der Waals surface area contributed by atoms with Gasteiger partial charge in [-0.15, -0.1) is 0 Å². The van der Waals surface area contributed by atoms with E-state index >= 15 is 0 Å². The quantitative estimate of drug-likeness (QED) is 0.589. The SMILES string of the molecule is CC1=CC[C@@H](O)CC(=O)/C=C/C=C\C=C/C=C/C=C\[C@@H](C)CNC(=O)/C=C\C=C\C=C1. The van der Waals surface area contributed by atoms with Gasteiger partial charge in [-0.1, -0.05) is 104 Å². The van der Waals surface area contributed by atoms with Gasteiger partial charge in [0.15, 0.2) is 5.78 Å². The largest absolute Gasteiger partial charge is 0.392 e. The summed E-state index contributed by atoms with van der Waals surface area (Å²) in [4.78, 5) is 23.7. The molecule has 0 aliphatic carbocycles. The van der Waals surface area contributed by atoms with Crippen LogP contribution in [0.4, 0.5) is 0 Å². The molecule has 1 aliphatic rings. The molecule has 0 aromatic rings. The molecule has 0 spiro atoms. The molecule has 0 saturated heterocycles. The molecule has 4 heteroatoms. The van der Waals surface area contributed by atoms with Crippen LogP contribution >= 0.6 is 0 Å². The van der Waals surface area contributed by atoms with Crippen LogP contribution in [0.15, 0.2) is 109 Å². The van der Waals surface area contributed by atoms with E-state index in [-0.39, 0.29) is 24.0 Å². The number of carbonyl (C=O) groups is 2. The Labute approximate surface area is 186 Å². The topological polar surface area (TPSA) is 66.4 Å². The Balaban J connectivity index is 2.80. The molecule has 4 nitrogen and oxygen atoms in total. The van der Waals surface area contributed by atoms with Crippen molar-refractivity contribution in [1.82, 2.24) is 5.32 Å². The summed E-state index contributed by atoms with van der Waals surface area (Å²) in [5, 5.41) is 12.9. The highest BCUT2D eigenvalue weighted by Gasteiger charge is 2.06. The zero-order valence-corrected chi connectivity index (χ0v) is 18.4. The second-order valence-electron chi connectivity index (χ2n) is 7.23. The highest BCUT2D eigenvalue weighted by atomic mass is 16.3. The maximum Gasteiger partial charge on any atom is 0.243 e. The van der Waals surface area contributed by atoms with Gasteiger partial charge in [0.1, 0.15) is 0 Å². The fourth-order valence-corrected chi connectivity index (χ4v) is 2.44. The van der Waals surface area contributed by atoms with E-state index in [1.807, 2.05) is 80.7 Å². The van der Waals surface area contributed by atoms with Crippen molar-refractivity contribution in [1.29, 1.82) is 0 Å². The fourth-order valence-electron chi connectivity index (χ4n) is 2.44. The predicted octanol–water partition coefficient (Wildman–Crippen LogP) is 4.86. The molecule has 0 bridgehead atoms. The van der Waals surface area contributed by atoms with E-state index in [0.29, 0.717) is 13.0 Å². The number of hydrogen-bond acceptors (Lipinski definition) is 3. The van der Waals surface area contributed by atoms with Crippen molar-refractivity contribution in [2.75, 3.05) is 6.54 Å². The molecule has 0 fully saturated rings. The third kappa shape index (κ3) is 15.3. The second kappa shape index (κ2) is 16.5. The molecule has 2 atom stereocenters. The van der Waals surface area contributed by atoms with E-state index in [1.54, 1.807) is 24.3 Å². The normalized spacial score (nSPS) is 29.7. The van der Waals surface area contributed by atoms with Gasteiger partial charge in [-0.2, -0.15) is 0 Å². The fraction of sp³-hybridized carbons (Fsp3) is 0.259. The van der Waals surface area contributed by atoms with Crippen LogP contribution in [0.1, 0.15) is 26.7 Å². The van der Waals surface area contributed by atoms with Gasteiger partial charge in [-0.05, 0) is 25.3 Å². The number of aliphatic hydroxyl groups excluding tert-OH is 1. The van der Waals surface area contributed by atoms with Gasteiger partial charge in [-0.25, -0.2) is 0 Å². The maximum atomic E-state index is 11.9. The summed E-state index contributed by atoms with van der Waals surface area (Å²) >= 11 is 0. The summed E-state index contributed by atoms with van der Waals surface area (Å²) in [6, 6.07) is 0. The molecule has 1 heterocycles. The summed E-state index contributed by atoms with van der Waals surface area (Å²) in [5.41, 5.74) is 0.987. The molecule has 0 aromatic heterocycles. The lowest BCUT2D eigenvalue weighted by molar-refractivity contribution is -0.117. The lowest BCUT2D eigenvalue weighted by Gasteiger charge is -2.05. The lowest BCUT2D eigenvalue weighted by atomic mass is 10.1. The number of aliphatic hydroxyl groups is 1. The van der Waals surface area contributed by atoms with Crippen molar-refractivity contribution in [3.8, 4) is 0 Å². The first kappa shape index (κ1) is 25.8. The smallest absolute Gasteiger partial charge is 0.243 e. The molecule has 0 unspecified atom stereocenters. The number of ketones is 1. The molecular formula is C27H33NO3. The van der Waals surface area contributed by atoms with Crippen molar-refractivity contribution in [2.45, 2.75) is 32.8 Å². The summed E-state index contributed by atoms with van der Waals surface area (Å²) in [7, 11) is 0. The Hall–Kier alpha value is -3.24. The Morgan fingerprint density at radius 2 is 1.35 bits per heavy atom. The van der Waals surface area contributed by atoms with Crippen LogP contribution in [0, 0.1) is 5.92 Å². The van der Waals surface area contributed by atoms with Gasteiger partial charge < -0.3 is 10.4 Å². The molecule has 0 radical (unpaired) electrons. The first-order chi connectivity index (χ1) is 15.0. The highest BCUT2D eigenvalue weighted by Crippen LogP contribution is 2.05. The van der Waals surface area contributed by atoms with Gasteiger partial charge in [0.2, 0.25) is 5.91 Å². The summed E-state index contributed by atoms with van der Waals surface area (Å²) in [6.45, 7) is 4.53. The molecule has 1 rings (SSSR count). The van der Waals surface area contributed by atoms with E-state index in [0.717, 1.165) is 5.57 Å². The number of amides is 1. The average molecular weight is 420 g/mol. The van der Waals surface area contributed by atoms with Crippen LogP contribution in [0.5, 0.6) is 0 Å². The third-order valence-corrected chi connectivity index (χ3v) is 4.19. The minimum atomic E-state index is -0.708. The molecule has 0 aromatic carbocycles. The van der Waals surface area contributed by atoms with Crippen molar-refractivity contribution < 1.29 is 14.7 Å². The number of carbonyl (C=O) groups excluding carboxylic acids is 2. The van der Waals surface area contributed by atoms with Crippen LogP contribution < -0.4 is 5.32 Å². The number of allylic oxidation sites excluding steroid dienone is 15. The van der Waals surface area contributed by atoms with Crippen molar-refractivity contribution in [3.63, 3.8) is 0 Å². The number of nitrogens with one attached hydrogen (secondary N) is 1. The van der Waals surface area contributed by atoms with Crippen molar-refractivity contribution >= 4 is 11.7 Å². The molecule has 1 aliphatic heterocycles. The number of hydrogen-bond donors (Lipinski definition) is 2. The van der Waals surface area contributed by atoms with Crippen LogP contribution in [-0.4, -0.2) is 29.4 Å². The third-order valence-electron chi connectivity index (χ3n) is 4.19. The van der Waals surface area contributed by atoms with E-state index < -0.39 is 6.10 Å². The summed E-state index contributed by atoms with van der Waals surface area (Å²) < 4.78 is 0. The monoisotopic (exact) mass is 419 g/mol. The van der Waals surface area contributed by atoms with Crippen LogP contribution in [0.3, 0.4) is 0 Å². The number of rotatable bonds is 0. The van der Waals surface area contributed by atoms with Gasteiger partial charge >= 0.3 is 0 Å². The van der Waals surface area contributed by atoms with E-state index in [1.165, 1.54) is 12.2 Å². The molecule has 1 amide bonds. The summed E-state index contributed by atoms with van der Waals surface area (Å²) in [5.74, 6) is -0.0183. The van der Waals surface area contributed by atoms with Crippen LogP contribution in [0.25, 0.3) is 0 Å². The molecule has 31 heavy (non-hydrogen) atoms. The first-order valence-corrected chi connectivity index (χ1v) is 10.5. The summed E-state index contributed by atoms with van der Waals surface area (Å²) in [6.07, 6.45) is 30.6. The van der Waals surface area contributed by atoms with Crippen molar-refractivity contribution in [3.05, 3.63) is 109 Å². The molecule has 2 N–H and O–H groups in total. The Bertz CT molecular complexity index is 833. The van der Waals surface area contributed by atoms with E-state index in [4.69, 9.17) is 0 Å². The second-order valence-corrected chi connectivity index (χ2v) is 7.23. The van der Waals surface area contributed by atoms with Crippen LogP contribution in [0.2, 0.25) is 0 Å². The molecule has 0 saturated carbocycles. The van der Waals surface area contributed by atoms with Crippen LogP contribution in [-0.2, 0) is 9.59 Å². The maximum absolute atomic E-state index is 11.9. The van der Waals surface area contributed by atoms with Gasteiger partial charge in [-0.3, -0.25) is 9.59 Å². The predicted molar refractivity (Wildman–Crippen MR) is 129 cm³/mol. The van der Waals surface area contributed by atoms with Gasteiger partial charge in [0.25, 0.3) is 0 Å². The Kier molecular flexibility index (Phi) is 13.8. The zero-order valence-electron chi connectivity index (χ0n) is 18.4. The zero-order chi connectivity index (χ0) is 22.7. The molecular weight excluding hydrogens is 386 g/mol. The van der Waals surface area contributed by atoms with E-state index in [2.05, 4.69) is 5.32 Å². The minimum absolute atomic E-state index is 0.0912. The standard InChI is InChI=1S/C27H33NO3/c1-23-15-11-9-10-14-18-27(31)28-22-24(2)16-12-7-5-3-4-6-8-13-17-25(29)21-26(30)20-19-23/h3-19,24,26,30H,20-22H2,1-2H3,(H,28,31)/b4-3-,7-5+,8-6-,10-9+,15-11?,16-12-,17-13+,18-14-,23-19?/t24-,26-/m1/s1. The lowest BCUT2D eigenvalue weighted by Crippen LogP contribution is -2.25. The highest BCUT2D eigenvalue weighted by molar-refractivity contribution is 5.90. The van der Waals surface area contributed by atoms with E-state index in [9.17, 15) is 14.7 Å². The first-order valence-electron chi connectivity index (χ1n) is 10.5. The van der Waals surface area contributed by atoms with Crippen molar-refractivity contribution in [2.24, 2.45) is 5.92 Å². The minimum Gasteiger partial charge on any atom is -0.392 e. The van der Waals surface area contributed by atoms with Gasteiger partial charge in [0, 0.05) is 19.0 Å².